The van der Waals surface area contributed by atoms with Gasteiger partial charge in [-0.05, 0) is 55.0 Å². The molecule has 3 heterocycles. The second kappa shape index (κ2) is 9.25. The number of amides is 1. The largest absolute Gasteiger partial charge is 0.372 e. The van der Waals surface area contributed by atoms with Gasteiger partial charge >= 0.3 is 0 Å². The summed E-state index contributed by atoms with van der Waals surface area (Å²) in [7, 11) is 0. The number of hydrogen-bond acceptors (Lipinski definition) is 6. The number of thiophene rings is 1. The molecule has 146 valence electrons. The fraction of sp³-hybridized carbons (Fsp3) is 0.350. The maximum absolute atomic E-state index is 12.2. The van der Waals surface area contributed by atoms with Crippen molar-refractivity contribution in [2.45, 2.75) is 30.8 Å². The molecule has 4 rings (SSSR count). The summed E-state index contributed by atoms with van der Waals surface area (Å²) in [6, 6.07) is 12.2. The first kappa shape index (κ1) is 19.0. The van der Waals surface area contributed by atoms with Crippen LogP contribution in [0.15, 0.2) is 46.9 Å². The van der Waals surface area contributed by atoms with Gasteiger partial charge in [0.2, 0.25) is 11.1 Å². The lowest BCUT2D eigenvalue weighted by molar-refractivity contribution is -0.113. The van der Waals surface area contributed by atoms with E-state index in [1.54, 1.807) is 11.3 Å². The van der Waals surface area contributed by atoms with Crippen LogP contribution in [0.4, 0.5) is 11.4 Å². The Morgan fingerprint density at radius 1 is 1.18 bits per heavy atom. The molecule has 2 aromatic heterocycles. The van der Waals surface area contributed by atoms with Crippen molar-refractivity contribution in [3.63, 3.8) is 0 Å². The first-order valence-corrected chi connectivity index (χ1v) is 11.3. The van der Waals surface area contributed by atoms with E-state index < -0.39 is 0 Å². The van der Waals surface area contributed by atoms with Crippen molar-refractivity contribution in [1.82, 2.24) is 15.2 Å². The highest BCUT2D eigenvalue weighted by Crippen LogP contribution is 2.22. The summed E-state index contributed by atoms with van der Waals surface area (Å²) in [5.41, 5.74) is 2.05. The third-order valence-electron chi connectivity index (χ3n) is 4.64. The van der Waals surface area contributed by atoms with Crippen molar-refractivity contribution in [2.75, 3.05) is 29.1 Å². The third kappa shape index (κ3) is 5.14. The Labute approximate surface area is 172 Å². The van der Waals surface area contributed by atoms with Gasteiger partial charge in [-0.2, -0.15) is 0 Å². The summed E-state index contributed by atoms with van der Waals surface area (Å²) in [5, 5.41) is 12.7. The Balaban J connectivity index is 1.24. The lowest BCUT2D eigenvalue weighted by Gasteiger charge is -2.28. The summed E-state index contributed by atoms with van der Waals surface area (Å²) >= 11 is 3.03. The van der Waals surface area contributed by atoms with E-state index in [1.165, 1.54) is 41.6 Å². The molecule has 2 N–H and O–H groups in total. The molecule has 8 heteroatoms. The van der Waals surface area contributed by atoms with Crippen LogP contribution in [0.3, 0.4) is 0 Å². The first-order valence-electron chi connectivity index (χ1n) is 9.47. The molecule has 1 aromatic carbocycles. The maximum Gasteiger partial charge on any atom is 0.234 e. The summed E-state index contributed by atoms with van der Waals surface area (Å²) in [6.45, 7) is 2.24. The minimum Gasteiger partial charge on any atom is -0.372 e. The monoisotopic (exact) mass is 413 g/mol. The number of carbonyl (C=O) groups excluding carboxylic acids is 1. The van der Waals surface area contributed by atoms with Crippen molar-refractivity contribution < 1.29 is 4.79 Å². The van der Waals surface area contributed by atoms with E-state index >= 15 is 0 Å². The van der Waals surface area contributed by atoms with E-state index in [2.05, 4.69) is 43.6 Å². The van der Waals surface area contributed by atoms with Crippen molar-refractivity contribution >= 4 is 40.4 Å². The molecular weight excluding hydrogens is 390 g/mol. The van der Waals surface area contributed by atoms with E-state index in [-0.39, 0.29) is 11.7 Å². The second-order valence-corrected chi connectivity index (χ2v) is 8.73. The number of thioether (sulfide) groups is 1. The van der Waals surface area contributed by atoms with Crippen LogP contribution in [0.5, 0.6) is 0 Å². The van der Waals surface area contributed by atoms with E-state index in [0.717, 1.165) is 31.0 Å². The van der Waals surface area contributed by atoms with Gasteiger partial charge in [-0.1, -0.05) is 17.8 Å². The van der Waals surface area contributed by atoms with E-state index in [4.69, 9.17) is 0 Å². The van der Waals surface area contributed by atoms with Gasteiger partial charge in [-0.15, -0.1) is 16.4 Å². The van der Waals surface area contributed by atoms with Gasteiger partial charge in [-0.25, -0.2) is 4.98 Å². The highest BCUT2D eigenvalue weighted by atomic mass is 32.2. The van der Waals surface area contributed by atoms with Crippen LogP contribution in [0.1, 0.15) is 30.0 Å². The fourth-order valence-electron chi connectivity index (χ4n) is 3.23. The Kier molecular flexibility index (Phi) is 6.28. The zero-order chi connectivity index (χ0) is 19.2. The minimum absolute atomic E-state index is 0.0553. The quantitative estimate of drug-likeness (QED) is 0.569. The van der Waals surface area contributed by atoms with Gasteiger partial charge in [0.1, 0.15) is 5.82 Å². The average Bonchev–Trinajstić information content (AvgIpc) is 3.40. The molecule has 28 heavy (non-hydrogen) atoms. The molecule has 1 amide bonds. The minimum atomic E-state index is -0.0553. The number of aromatic amines is 1. The van der Waals surface area contributed by atoms with Gasteiger partial charge in [0.25, 0.3) is 0 Å². The van der Waals surface area contributed by atoms with Gasteiger partial charge in [0, 0.05) is 35.8 Å². The standard InChI is InChI=1S/C20H23N5OS2/c26-19(14-28-20-22-18(23-24-20)13-17-5-4-12-27-17)21-15-6-8-16(9-7-15)25-10-2-1-3-11-25/h4-9,12H,1-3,10-11,13-14H2,(H,21,26)(H,22,23,24). The van der Waals surface area contributed by atoms with E-state index in [9.17, 15) is 4.79 Å². The maximum atomic E-state index is 12.2. The predicted octanol–water partition coefficient (Wildman–Crippen LogP) is 4.18. The van der Waals surface area contributed by atoms with Crippen LogP contribution >= 0.6 is 23.1 Å². The van der Waals surface area contributed by atoms with E-state index in [0.29, 0.717) is 5.16 Å². The molecule has 0 radical (unpaired) electrons. The lowest BCUT2D eigenvalue weighted by atomic mass is 10.1. The molecule has 1 aliphatic heterocycles. The van der Waals surface area contributed by atoms with Crippen molar-refractivity contribution in [3.05, 3.63) is 52.5 Å². The Morgan fingerprint density at radius 3 is 2.75 bits per heavy atom. The number of anilines is 2. The lowest BCUT2D eigenvalue weighted by Crippen LogP contribution is -2.29. The van der Waals surface area contributed by atoms with Crippen molar-refractivity contribution in [1.29, 1.82) is 0 Å². The number of aromatic nitrogens is 3. The molecule has 0 unspecified atom stereocenters. The summed E-state index contributed by atoms with van der Waals surface area (Å²) in [6.07, 6.45) is 4.57. The topological polar surface area (TPSA) is 73.9 Å². The molecule has 1 saturated heterocycles. The number of benzene rings is 1. The third-order valence-corrected chi connectivity index (χ3v) is 6.36. The van der Waals surface area contributed by atoms with E-state index in [1.807, 2.05) is 23.6 Å². The van der Waals surface area contributed by atoms with Crippen LogP contribution in [-0.4, -0.2) is 39.9 Å². The van der Waals surface area contributed by atoms with Crippen LogP contribution in [-0.2, 0) is 11.2 Å². The molecule has 3 aromatic rings. The smallest absolute Gasteiger partial charge is 0.234 e. The van der Waals surface area contributed by atoms with Gasteiger partial charge < -0.3 is 10.2 Å². The number of nitrogens with zero attached hydrogens (tertiary/aromatic N) is 3. The zero-order valence-corrected chi connectivity index (χ0v) is 17.2. The SMILES string of the molecule is O=C(CSc1n[nH]c(Cc2cccs2)n1)Nc1ccc(N2CCCCC2)cc1. The zero-order valence-electron chi connectivity index (χ0n) is 15.6. The Bertz CT molecular complexity index is 886. The molecule has 1 aliphatic rings. The van der Waals surface area contributed by atoms with Crippen LogP contribution in [0, 0.1) is 0 Å². The second-order valence-electron chi connectivity index (χ2n) is 6.75. The number of carbonyl (C=O) groups is 1. The summed E-state index contributed by atoms with van der Waals surface area (Å²) < 4.78 is 0. The van der Waals surface area contributed by atoms with Gasteiger partial charge in [-0.3, -0.25) is 9.89 Å². The number of H-pyrrole nitrogens is 1. The highest BCUT2D eigenvalue weighted by Gasteiger charge is 2.12. The van der Waals surface area contributed by atoms with Crippen LogP contribution in [0.25, 0.3) is 0 Å². The molecule has 1 fully saturated rings. The molecule has 6 nitrogen and oxygen atoms in total. The number of nitrogens with one attached hydrogen (secondary N) is 2. The number of hydrogen-bond donors (Lipinski definition) is 2. The molecular formula is C20H23N5OS2. The van der Waals surface area contributed by atoms with Gasteiger partial charge in [0.05, 0.1) is 5.75 Å². The van der Waals surface area contributed by atoms with Crippen LogP contribution in [0.2, 0.25) is 0 Å². The molecule has 0 atom stereocenters. The summed E-state index contributed by atoms with van der Waals surface area (Å²) in [5.74, 6) is 1.04. The average molecular weight is 414 g/mol. The molecule has 0 saturated carbocycles. The normalized spacial score (nSPS) is 14.2. The van der Waals surface area contributed by atoms with Crippen LogP contribution < -0.4 is 10.2 Å². The van der Waals surface area contributed by atoms with Crippen molar-refractivity contribution in [3.8, 4) is 0 Å². The fourth-order valence-corrected chi connectivity index (χ4v) is 4.56. The molecule has 0 bridgehead atoms. The molecule has 0 spiro atoms. The first-order chi connectivity index (χ1) is 13.8. The Morgan fingerprint density at radius 2 is 2.00 bits per heavy atom. The van der Waals surface area contributed by atoms with Crippen molar-refractivity contribution in [2.24, 2.45) is 0 Å². The predicted molar refractivity (Wildman–Crippen MR) is 115 cm³/mol. The number of rotatable bonds is 7. The number of piperidine rings is 1. The Hall–Kier alpha value is -2.32. The molecule has 0 aliphatic carbocycles. The summed E-state index contributed by atoms with van der Waals surface area (Å²) in [4.78, 5) is 20.3. The van der Waals surface area contributed by atoms with Gasteiger partial charge in [0.15, 0.2) is 0 Å². The highest BCUT2D eigenvalue weighted by molar-refractivity contribution is 7.99.